The number of anilines is 1. The van der Waals surface area contributed by atoms with E-state index in [2.05, 4.69) is 27.6 Å². The minimum Gasteiger partial charge on any atom is -0.360 e. The van der Waals surface area contributed by atoms with Gasteiger partial charge in [-0.15, -0.1) is 0 Å². The van der Waals surface area contributed by atoms with Crippen molar-refractivity contribution in [1.82, 2.24) is 15.0 Å². The van der Waals surface area contributed by atoms with Crippen LogP contribution in [0.4, 0.5) is 10.6 Å². The molecule has 1 aromatic carbocycles. The van der Waals surface area contributed by atoms with Crippen LogP contribution in [-0.4, -0.2) is 27.6 Å². The van der Waals surface area contributed by atoms with Gasteiger partial charge in [-0.1, -0.05) is 23.4 Å². The monoisotopic (exact) mass is 296 g/mol. The summed E-state index contributed by atoms with van der Waals surface area (Å²) in [5.74, 6) is 1.13. The van der Waals surface area contributed by atoms with Crippen molar-refractivity contribution in [2.75, 3.05) is 11.9 Å². The highest BCUT2D eigenvalue weighted by Crippen LogP contribution is 2.27. The number of nitrogens with zero attached hydrogens (tertiary/aromatic N) is 2. The van der Waals surface area contributed by atoms with E-state index in [1.165, 1.54) is 16.6 Å². The molecule has 0 unspecified atom stereocenters. The van der Waals surface area contributed by atoms with Crippen LogP contribution >= 0.6 is 0 Å². The van der Waals surface area contributed by atoms with Gasteiger partial charge < -0.3 is 14.4 Å². The molecule has 2 N–H and O–H groups in total. The summed E-state index contributed by atoms with van der Waals surface area (Å²) in [6, 6.07) is 9.75. The van der Waals surface area contributed by atoms with Crippen LogP contribution in [0.2, 0.25) is 0 Å². The second kappa shape index (κ2) is 4.91. The van der Waals surface area contributed by atoms with Crippen LogP contribution in [0.5, 0.6) is 0 Å². The highest BCUT2D eigenvalue weighted by Gasteiger charge is 2.24. The molecule has 6 heteroatoms. The lowest BCUT2D eigenvalue weighted by Crippen LogP contribution is -2.38. The van der Waals surface area contributed by atoms with Gasteiger partial charge in [0.15, 0.2) is 5.82 Å². The van der Waals surface area contributed by atoms with Gasteiger partial charge in [-0.2, -0.15) is 0 Å². The van der Waals surface area contributed by atoms with E-state index in [4.69, 9.17) is 4.52 Å². The first-order chi connectivity index (χ1) is 10.7. The topological polar surface area (TPSA) is 74.2 Å². The Hall–Kier alpha value is -2.76. The summed E-state index contributed by atoms with van der Waals surface area (Å²) in [4.78, 5) is 17.6. The zero-order chi connectivity index (χ0) is 15.1. The minimum atomic E-state index is -0.149. The molecule has 6 nitrogen and oxygen atoms in total. The molecule has 0 spiro atoms. The lowest BCUT2D eigenvalue weighted by atomic mass is 10.0. The van der Waals surface area contributed by atoms with E-state index < -0.39 is 0 Å². The molecule has 1 aliphatic rings. The number of carbonyl (C=O) groups is 1. The zero-order valence-electron chi connectivity index (χ0n) is 12.2. The van der Waals surface area contributed by atoms with Gasteiger partial charge in [0.05, 0.1) is 0 Å². The van der Waals surface area contributed by atoms with Gasteiger partial charge in [0.1, 0.15) is 5.76 Å². The fourth-order valence-corrected chi connectivity index (χ4v) is 2.95. The lowest BCUT2D eigenvalue weighted by Gasteiger charge is -2.27. The van der Waals surface area contributed by atoms with E-state index in [0.717, 1.165) is 11.9 Å². The third kappa shape index (κ3) is 2.13. The molecule has 22 heavy (non-hydrogen) atoms. The molecule has 0 radical (unpaired) electrons. The van der Waals surface area contributed by atoms with E-state index in [9.17, 15) is 4.79 Å². The van der Waals surface area contributed by atoms with Gasteiger partial charge in [-0.05, 0) is 13.0 Å². The van der Waals surface area contributed by atoms with Gasteiger partial charge in [-0.3, -0.25) is 5.32 Å². The average Bonchev–Trinajstić information content (AvgIpc) is 3.10. The Bertz CT molecular complexity index is 849. The minimum absolute atomic E-state index is 0.149. The van der Waals surface area contributed by atoms with Crippen molar-refractivity contribution in [3.8, 4) is 0 Å². The maximum absolute atomic E-state index is 12.4. The first-order valence-electron chi connectivity index (χ1n) is 7.28. The Kier molecular flexibility index (Phi) is 2.89. The molecule has 1 aliphatic heterocycles. The highest BCUT2D eigenvalue weighted by atomic mass is 16.5. The molecule has 112 valence electrons. The SMILES string of the molecule is Cc1cc(NC(=O)N2CCc3[nH]c4ccccc4c3C2)no1. The van der Waals surface area contributed by atoms with E-state index in [1.807, 2.05) is 12.1 Å². The van der Waals surface area contributed by atoms with E-state index in [-0.39, 0.29) is 6.03 Å². The third-order valence-corrected chi connectivity index (χ3v) is 4.03. The summed E-state index contributed by atoms with van der Waals surface area (Å²) in [7, 11) is 0. The maximum Gasteiger partial charge on any atom is 0.323 e. The molecule has 0 fully saturated rings. The number of hydrogen-bond acceptors (Lipinski definition) is 3. The Labute approximate surface area is 127 Å². The molecule has 0 saturated heterocycles. The number of fused-ring (bicyclic) bond motifs is 3. The normalized spacial score (nSPS) is 14.1. The summed E-state index contributed by atoms with van der Waals surface area (Å²) in [6.45, 7) is 3.08. The van der Waals surface area contributed by atoms with Crippen LogP contribution in [0.15, 0.2) is 34.9 Å². The van der Waals surface area contributed by atoms with Gasteiger partial charge in [0.2, 0.25) is 0 Å². The predicted molar refractivity (Wildman–Crippen MR) is 82.7 cm³/mol. The number of aromatic amines is 1. The van der Waals surface area contributed by atoms with Crippen molar-refractivity contribution in [2.24, 2.45) is 0 Å². The lowest BCUT2D eigenvalue weighted by molar-refractivity contribution is 0.206. The van der Waals surface area contributed by atoms with E-state index in [0.29, 0.717) is 24.7 Å². The molecule has 3 heterocycles. The number of urea groups is 1. The van der Waals surface area contributed by atoms with Gasteiger partial charge >= 0.3 is 6.03 Å². The number of nitrogens with one attached hydrogen (secondary N) is 2. The molecular weight excluding hydrogens is 280 g/mol. The van der Waals surface area contributed by atoms with Gasteiger partial charge in [0, 0.05) is 47.7 Å². The summed E-state index contributed by atoms with van der Waals surface area (Å²) in [5.41, 5.74) is 3.55. The number of para-hydroxylation sites is 1. The van der Waals surface area contributed by atoms with Crippen molar-refractivity contribution in [2.45, 2.75) is 19.9 Å². The fraction of sp³-hybridized carbons (Fsp3) is 0.250. The number of benzene rings is 1. The summed E-state index contributed by atoms with van der Waals surface area (Å²) < 4.78 is 4.97. The Morgan fingerprint density at radius 2 is 2.27 bits per heavy atom. The van der Waals surface area contributed by atoms with Crippen molar-refractivity contribution in [3.05, 3.63) is 47.3 Å². The van der Waals surface area contributed by atoms with Gasteiger partial charge in [0.25, 0.3) is 0 Å². The number of amides is 2. The van der Waals surface area contributed by atoms with Crippen molar-refractivity contribution >= 4 is 22.8 Å². The van der Waals surface area contributed by atoms with Crippen molar-refractivity contribution in [1.29, 1.82) is 0 Å². The zero-order valence-corrected chi connectivity index (χ0v) is 12.2. The Morgan fingerprint density at radius 1 is 1.41 bits per heavy atom. The first-order valence-corrected chi connectivity index (χ1v) is 7.28. The van der Waals surface area contributed by atoms with Crippen LogP contribution < -0.4 is 5.32 Å². The highest BCUT2D eigenvalue weighted by molar-refractivity contribution is 5.90. The van der Waals surface area contributed by atoms with Crippen LogP contribution in [0.1, 0.15) is 17.0 Å². The van der Waals surface area contributed by atoms with Crippen LogP contribution in [-0.2, 0) is 13.0 Å². The molecule has 4 rings (SSSR count). The summed E-state index contributed by atoms with van der Waals surface area (Å²) in [5, 5.41) is 7.76. The number of aromatic nitrogens is 2. The smallest absolute Gasteiger partial charge is 0.323 e. The van der Waals surface area contributed by atoms with Crippen molar-refractivity contribution in [3.63, 3.8) is 0 Å². The quantitative estimate of drug-likeness (QED) is 0.724. The summed E-state index contributed by atoms with van der Waals surface area (Å²) >= 11 is 0. The Balaban J connectivity index is 1.57. The van der Waals surface area contributed by atoms with Crippen LogP contribution in [0.25, 0.3) is 10.9 Å². The number of carbonyl (C=O) groups excluding carboxylic acids is 1. The second-order valence-corrected chi connectivity index (χ2v) is 5.55. The van der Waals surface area contributed by atoms with Crippen LogP contribution in [0.3, 0.4) is 0 Å². The van der Waals surface area contributed by atoms with Crippen LogP contribution in [0, 0.1) is 6.92 Å². The molecule has 0 bridgehead atoms. The number of rotatable bonds is 1. The molecule has 3 aromatic rings. The second-order valence-electron chi connectivity index (χ2n) is 5.55. The van der Waals surface area contributed by atoms with E-state index >= 15 is 0 Å². The standard InChI is InChI=1S/C16H16N4O2/c1-10-8-15(19-22-10)18-16(21)20-7-6-14-12(9-20)11-4-2-3-5-13(11)17-14/h2-5,8,17H,6-7,9H2,1H3,(H,18,19,21). The first kappa shape index (κ1) is 12.9. The molecular formula is C16H16N4O2. The maximum atomic E-state index is 12.4. The average molecular weight is 296 g/mol. The summed E-state index contributed by atoms with van der Waals surface area (Å²) in [6.07, 6.45) is 0.829. The van der Waals surface area contributed by atoms with Gasteiger partial charge in [-0.25, -0.2) is 4.79 Å². The largest absolute Gasteiger partial charge is 0.360 e. The Morgan fingerprint density at radius 3 is 3.09 bits per heavy atom. The van der Waals surface area contributed by atoms with Crippen molar-refractivity contribution < 1.29 is 9.32 Å². The number of H-pyrrole nitrogens is 1. The molecule has 0 aliphatic carbocycles. The fourth-order valence-electron chi connectivity index (χ4n) is 2.95. The number of hydrogen-bond donors (Lipinski definition) is 2. The third-order valence-electron chi connectivity index (χ3n) is 4.03. The van der Waals surface area contributed by atoms with E-state index in [1.54, 1.807) is 17.9 Å². The molecule has 0 atom stereocenters. The molecule has 2 aromatic heterocycles. The molecule has 2 amide bonds. The molecule has 0 saturated carbocycles. The number of aryl methyl sites for hydroxylation is 1. The predicted octanol–water partition coefficient (Wildman–Crippen LogP) is 3.05.